The number of carbonyl (C=O) groups is 1. The van der Waals surface area contributed by atoms with Gasteiger partial charge >= 0.3 is 0 Å². The average molecular weight is 399 g/mol. The minimum atomic E-state index is -0.128. The zero-order valence-electron chi connectivity index (χ0n) is 16.6. The third kappa shape index (κ3) is 3.39. The molecule has 4 aromatic rings. The molecule has 0 radical (unpaired) electrons. The van der Waals surface area contributed by atoms with Gasteiger partial charge in [0.1, 0.15) is 11.6 Å². The minimum absolute atomic E-state index is 0.0291. The maximum atomic E-state index is 13.1. The Labute approximate surface area is 174 Å². The molecule has 0 N–H and O–H groups in total. The summed E-state index contributed by atoms with van der Waals surface area (Å²) in [6.07, 6.45) is 7.43. The molecule has 30 heavy (non-hydrogen) atoms. The maximum absolute atomic E-state index is 13.1. The maximum Gasteiger partial charge on any atom is 0.276 e. The normalized spacial score (nSPS) is 15.8. The highest BCUT2D eigenvalue weighted by Gasteiger charge is 2.32. The van der Waals surface area contributed by atoms with Gasteiger partial charge in [-0.1, -0.05) is 35.5 Å². The summed E-state index contributed by atoms with van der Waals surface area (Å²) in [7, 11) is 0. The number of aryl methyl sites for hydroxylation is 1. The molecule has 5 rings (SSSR count). The molecule has 0 aliphatic carbocycles. The SMILES string of the molecule is Cc1cc(C(=O)N2Cc3ccccc3[C@@H](c3nccn3Cc3cccnc3)C2)no1. The van der Waals surface area contributed by atoms with Crippen LogP contribution in [-0.2, 0) is 13.1 Å². The Balaban J connectivity index is 1.50. The van der Waals surface area contributed by atoms with Crippen molar-refractivity contribution in [1.29, 1.82) is 0 Å². The largest absolute Gasteiger partial charge is 0.361 e. The second-order valence-electron chi connectivity index (χ2n) is 7.53. The number of amides is 1. The zero-order chi connectivity index (χ0) is 20.5. The monoisotopic (exact) mass is 399 g/mol. The van der Waals surface area contributed by atoms with Gasteiger partial charge in [-0.3, -0.25) is 9.78 Å². The Hall–Kier alpha value is -3.74. The molecule has 1 amide bonds. The number of hydrogen-bond acceptors (Lipinski definition) is 5. The number of fused-ring (bicyclic) bond motifs is 1. The van der Waals surface area contributed by atoms with Crippen molar-refractivity contribution in [2.75, 3.05) is 6.54 Å². The summed E-state index contributed by atoms with van der Waals surface area (Å²) in [4.78, 5) is 23.8. The van der Waals surface area contributed by atoms with Gasteiger partial charge in [-0.15, -0.1) is 0 Å². The lowest BCUT2D eigenvalue weighted by Gasteiger charge is -2.34. The Morgan fingerprint density at radius 2 is 2.10 bits per heavy atom. The van der Waals surface area contributed by atoms with Crippen LogP contribution in [0, 0.1) is 6.92 Å². The van der Waals surface area contributed by atoms with Crippen LogP contribution < -0.4 is 0 Å². The molecule has 1 atom stereocenters. The van der Waals surface area contributed by atoms with Crippen LogP contribution in [-0.4, -0.2) is 37.0 Å². The van der Waals surface area contributed by atoms with Gasteiger partial charge in [0.25, 0.3) is 5.91 Å². The predicted molar refractivity (Wildman–Crippen MR) is 110 cm³/mol. The first-order valence-electron chi connectivity index (χ1n) is 9.89. The molecule has 7 nitrogen and oxygen atoms in total. The highest BCUT2D eigenvalue weighted by atomic mass is 16.5. The van der Waals surface area contributed by atoms with Crippen LogP contribution in [0.3, 0.4) is 0 Å². The van der Waals surface area contributed by atoms with Gasteiger partial charge in [0, 0.05) is 43.9 Å². The number of pyridine rings is 1. The molecule has 0 spiro atoms. The Morgan fingerprint density at radius 3 is 2.90 bits per heavy atom. The van der Waals surface area contributed by atoms with Crippen molar-refractivity contribution in [2.24, 2.45) is 0 Å². The van der Waals surface area contributed by atoms with Crippen molar-refractivity contribution < 1.29 is 9.32 Å². The van der Waals surface area contributed by atoms with Gasteiger partial charge < -0.3 is 14.0 Å². The Morgan fingerprint density at radius 1 is 1.20 bits per heavy atom. The second-order valence-corrected chi connectivity index (χ2v) is 7.53. The third-order valence-corrected chi connectivity index (χ3v) is 5.46. The van der Waals surface area contributed by atoms with Crippen molar-refractivity contribution in [3.8, 4) is 0 Å². The fourth-order valence-electron chi connectivity index (χ4n) is 4.06. The molecule has 1 aliphatic heterocycles. The average Bonchev–Trinajstić information content (AvgIpc) is 3.42. The van der Waals surface area contributed by atoms with Crippen LogP contribution in [0.25, 0.3) is 0 Å². The molecule has 1 aromatic carbocycles. The molecule has 1 aliphatic rings. The quantitative estimate of drug-likeness (QED) is 0.526. The van der Waals surface area contributed by atoms with E-state index in [4.69, 9.17) is 4.52 Å². The molecule has 0 fully saturated rings. The molecule has 3 aromatic heterocycles. The van der Waals surface area contributed by atoms with Gasteiger partial charge in [0.05, 0.1) is 12.5 Å². The van der Waals surface area contributed by atoms with Crippen LogP contribution in [0.15, 0.2) is 71.8 Å². The van der Waals surface area contributed by atoms with Gasteiger partial charge in [-0.05, 0) is 29.7 Å². The molecular formula is C23H21N5O2. The van der Waals surface area contributed by atoms with Crippen molar-refractivity contribution in [1.82, 2.24) is 24.6 Å². The van der Waals surface area contributed by atoms with Crippen molar-refractivity contribution in [2.45, 2.75) is 25.9 Å². The van der Waals surface area contributed by atoms with E-state index in [-0.39, 0.29) is 11.8 Å². The smallest absolute Gasteiger partial charge is 0.276 e. The summed E-state index contributed by atoms with van der Waals surface area (Å²) in [6, 6.07) is 13.9. The standard InChI is InChI=1S/C23H21N5O2/c1-16-11-21(26-30-16)23(29)28-14-18-6-2-3-7-19(18)20(15-28)22-25-9-10-27(22)13-17-5-4-8-24-12-17/h2-12,20H,13-15H2,1H3/t20-/m0/s1. The number of benzene rings is 1. The van der Waals surface area contributed by atoms with Crippen LogP contribution in [0.1, 0.15) is 44.7 Å². The summed E-state index contributed by atoms with van der Waals surface area (Å²) in [5.74, 6) is 1.40. The van der Waals surface area contributed by atoms with E-state index < -0.39 is 0 Å². The van der Waals surface area contributed by atoms with E-state index in [9.17, 15) is 4.79 Å². The van der Waals surface area contributed by atoms with Gasteiger partial charge in [-0.2, -0.15) is 0 Å². The molecule has 0 bridgehead atoms. The number of nitrogens with zero attached hydrogens (tertiary/aromatic N) is 5. The number of rotatable bonds is 4. The predicted octanol–water partition coefficient (Wildman–Crippen LogP) is 3.41. The molecule has 7 heteroatoms. The van der Waals surface area contributed by atoms with Crippen LogP contribution >= 0.6 is 0 Å². The van der Waals surface area contributed by atoms with Crippen LogP contribution in [0.4, 0.5) is 0 Å². The highest BCUT2D eigenvalue weighted by Crippen LogP contribution is 2.33. The lowest BCUT2D eigenvalue weighted by atomic mass is 9.88. The number of aromatic nitrogens is 4. The Kier molecular flexibility index (Phi) is 4.63. The topological polar surface area (TPSA) is 77.1 Å². The van der Waals surface area contributed by atoms with Crippen molar-refractivity contribution >= 4 is 5.91 Å². The lowest BCUT2D eigenvalue weighted by Crippen LogP contribution is -2.39. The highest BCUT2D eigenvalue weighted by molar-refractivity contribution is 5.92. The van der Waals surface area contributed by atoms with E-state index in [2.05, 4.69) is 31.8 Å². The van der Waals surface area contributed by atoms with E-state index in [1.807, 2.05) is 47.8 Å². The fourth-order valence-corrected chi connectivity index (χ4v) is 4.06. The van der Waals surface area contributed by atoms with Crippen LogP contribution in [0.2, 0.25) is 0 Å². The zero-order valence-corrected chi connectivity index (χ0v) is 16.6. The Bertz CT molecular complexity index is 1180. The molecule has 0 saturated heterocycles. The second kappa shape index (κ2) is 7.59. The van der Waals surface area contributed by atoms with Gasteiger partial charge in [0.15, 0.2) is 5.69 Å². The van der Waals surface area contributed by atoms with Crippen molar-refractivity contribution in [3.63, 3.8) is 0 Å². The first kappa shape index (κ1) is 18.3. The van der Waals surface area contributed by atoms with E-state index in [1.54, 1.807) is 19.2 Å². The number of carbonyl (C=O) groups excluding carboxylic acids is 1. The van der Waals surface area contributed by atoms with E-state index >= 15 is 0 Å². The van der Waals surface area contributed by atoms with Crippen LogP contribution in [0.5, 0.6) is 0 Å². The first-order chi connectivity index (χ1) is 14.7. The summed E-state index contributed by atoms with van der Waals surface area (Å²) in [6.45, 7) is 3.54. The third-order valence-electron chi connectivity index (χ3n) is 5.46. The molecule has 150 valence electrons. The summed E-state index contributed by atoms with van der Waals surface area (Å²) >= 11 is 0. The van der Waals surface area contributed by atoms with E-state index in [0.29, 0.717) is 31.1 Å². The lowest BCUT2D eigenvalue weighted by molar-refractivity contribution is 0.0712. The van der Waals surface area contributed by atoms with Crippen molar-refractivity contribution in [3.05, 3.63) is 101 Å². The molecular weight excluding hydrogens is 378 g/mol. The van der Waals surface area contributed by atoms with E-state index in [1.165, 1.54) is 5.56 Å². The summed E-state index contributed by atoms with van der Waals surface area (Å²) < 4.78 is 7.24. The first-order valence-corrected chi connectivity index (χ1v) is 9.89. The summed E-state index contributed by atoms with van der Waals surface area (Å²) in [5.41, 5.74) is 3.77. The molecule has 0 saturated carbocycles. The molecule has 4 heterocycles. The number of imidazole rings is 1. The minimum Gasteiger partial charge on any atom is -0.361 e. The van der Waals surface area contributed by atoms with Gasteiger partial charge in [0.2, 0.25) is 0 Å². The number of hydrogen-bond donors (Lipinski definition) is 0. The van der Waals surface area contributed by atoms with Gasteiger partial charge in [-0.25, -0.2) is 4.98 Å². The summed E-state index contributed by atoms with van der Waals surface area (Å²) in [5, 5.41) is 3.91. The fraction of sp³-hybridized carbons (Fsp3) is 0.217. The molecule has 0 unspecified atom stereocenters. The van der Waals surface area contributed by atoms with E-state index in [0.717, 1.165) is 17.0 Å².